The van der Waals surface area contributed by atoms with Crippen molar-refractivity contribution < 1.29 is 18.7 Å². The first-order valence-electron chi connectivity index (χ1n) is 9.62. The first-order chi connectivity index (χ1) is 14.3. The predicted octanol–water partition coefficient (Wildman–Crippen LogP) is 1.81. The van der Waals surface area contributed by atoms with E-state index in [-0.39, 0.29) is 36.7 Å². The number of rotatable bonds is 7. The minimum atomic E-state index is -0.342. The molecular weight excluding hydrogens is 389 g/mol. The molecule has 1 aromatic heterocycles. The van der Waals surface area contributed by atoms with Gasteiger partial charge in [-0.2, -0.15) is 0 Å². The third-order valence-corrected chi connectivity index (χ3v) is 4.99. The molecule has 0 aliphatic carbocycles. The number of benzene rings is 1. The summed E-state index contributed by atoms with van der Waals surface area (Å²) in [5, 5.41) is 0. The van der Waals surface area contributed by atoms with Gasteiger partial charge in [-0.05, 0) is 24.3 Å². The Kier molecular flexibility index (Phi) is 6.61. The van der Waals surface area contributed by atoms with Gasteiger partial charge in [0.25, 0.3) is 0 Å². The smallest absolute Gasteiger partial charge is 0.248 e. The quantitative estimate of drug-likeness (QED) is 0.686. The number of hydrogen-bond donors (Lipinski definition) is 0. The molecule has 1 aromatic carbocycles. The largest absolute Gasteiger partial charge is 0.375 e. The van der Waals surface area contributed by atoms with Crippen LogP contribution in [-0.4, -0.2) is 68.1 Å². The first kappa shape index (κ1) is 21.6. The highest BCUT2D eigenvalue weighted by molar-refractivity contribution is 5.96. The van der Waals surface area contributed by atoms with Crippen LogP contribution in [0.5, 0.6) is 0 Å². The minimum Gasteiger partial charge on any atom is -0.375 e. The number of likely N-dealkylation sites (N-methyl/N-ethyl adjacent to an activating group) is 1. The Morgan fingerprint density at radius 1 is 1.23 bits per heavy atom. The Morgan fingerprint density at radius 2 is 1.93 bits per heavy atom. The summed E-state index contributed by atoms with van der Waals surface area (Å²) in [6.07, 6.45) is 0.305. The summed E-state index contributed by atoms with van der Waals surface area (Å²) in [5.41, 5.74) is 1.41. The zero-order valence-corrected chi connectivity index (χ0v) is 17.6. The SMILES string of the molecule is COCC(=O)N(C)Cc1nc([C@H]2CC(=O)N(c3ccc(F)cc3)C2)cc(N(C)C)n1. The molecule has 0 radical (unpaired) electrons. The number of methoxy groups -OCH3 is 1. The Bertz CT molecular complexity index is 919. The maximum atomic E-state index is 13.2. The van der Waals surface area contributed by atoms with Crippen LogP contribution in [-0.2, 0) is 20.9 Å². The van der Waals surface area contributed by atoms with Gasteiger partial charge in [0.15, 0.2) is 0 Å². The number of anilines is 2. The van der Waals surface area contributed by atoms with Crippen molar-refractivity contribution in [2.24, 2.45) is 0 Å². The van der Waals surface area contributed by atoms with Crippen LogP contribution in [0.25, 0.3) is 0 Å². The molecule has 8 nitrogen and oxygen atoms in total. The Hall–Kier alpha value is -3.07. The van der Waals surface area contributed by atoms with Crippen molar-refractivity contribution in [3.05, 3.63) is 47.7 Å². The molecule has 2 amide bonds. The normalized spacial score (nSPS) is 16.1. The molecule has 1 saturated heterocycles. The summed E-state index contributed by atoms with van der Waals surface area (Å²) < 4.78 is 18.1. The van der Waals surface area contributed by atoms with Crippen LogP contribution in [0.4, 0.5) is 15.9 Å². The van der Waals surface area contributed by atoms with Gasteiger partial charge in [-0.3, -0.25) is 9.59 Å². The van der Waals surface area contributed by atoms with Gasteiger partial charge in [-0.1, -0.05) is 0 Å². The van der Waals surface area contributed by atoms with Crippen molar-refractivity contribution in [3.63, 3.8) is 0 Å². The lowest BCUT2D eigenvalue weighted by molar-refractivity contribution is -0.134. The lowest BCUT2D eigenvalue weighted by atomic mass is 10.0. The standard InChI is InChI=1S/C21H26FN5O3/c1-25(2)19-10-17(23-18(24-19)12-26(3)21(29)13-30-4)14-9-20(28)27(11-14)16-7-5-15(22)6-8-16/h5-8,10,14H,9,11-13H2,1-4H3/t14-/m0/s1. The number of hydrogen-bond acceptors (Lipinski definition) is 6. The minimum absolute atomic E-state index is 0.0134. The summed E-state index contributed by atoms with van der Waals surface area (Å²) in [6, 6.07) is 7.75. The second kappa shape index (κ2) is 9.17. The number of ether oxygens (including phenoxy) is 1. The number of amides is 2. The molecule has 1 atom stereocenters. The Morgan fingerprint density at radius 3 is 2.57 bits per heavy atom. The maximum absolute atomic E-state index is 13.2. The van der Waals surface area contributed by atoms with E-state index in [0.29, 0.717) is 30.3 Å². The molecule has 160 valence electrons. The molecule has 0 unspecified atom stereocenters. The number of halogens is 1. The predicted molar refractivity (Wildman–Crippen MR) is 111 cm³/mol. The number of nitrogens with zero attached hydrogens (tertiary/aromatic N) is 5. The van der Waals surface area contributed by atoms with E-state index >= 15 is 0 Å². The summed E-state index contributed by atoms with van der Waals surface area (Å²) in [6.45, 7) is 0.673. The van der Waals surface area contributed by atoms with Crippen LogP contribution in [0.15, 0.2) is 30.3 Å². The van der Waals surface area contributed by atoms with Gasteiger partial charge in [-0.15, -0.1) is 0 Å². The maximum Gasteiger partial charge on any atom is 0.248 e. The fraction of sp³-hybridized carbons (Fsp3) is 0.429. The third kappa shape index (κ3) is 4.91. The Balaban J connectivity index is 1.84. The first-order valence-corrected chi connectivity index (χ1v) is 9.62. The van der Waals surface area contributed by atoms with E-state index in [0.717, 1.165) is 5.69 Å². The molecule has 2 aromatic rings. The summed E-state index contributed by atoms with van der Waals surface area (Å²) in [5.74, 6) is 0.529. The van der Waals surface area contributed by atoms with Crippen LogP contribution >= 0.6 is 0 Å². The fourth-order valence-electron chi connectivity index (χ4n) is 3.32. The number of carbonyl (C=O) groups is 2. The fourth-order valence-corrected chi connectivity index (χ4v) is 3.32. The van der Waals surface area contributed by atoms with Crippen LogP contribution in [0.1, 0.15) is 23.9 Å². The molecule has 9 heteroatoms. The lowest BCUT2D eigenvalue weighted by Gasteiger charge is -2.20. The molecule has 0 spiro atoms. The molecule has 1 fully saturated rings. The van der Waals surface area contributed by atoms with E-state index in [1.165, 1.54) is 24.1 Å². The summed E-state index contributed by atoms with van der Waals surface area (Å²) in [4.78, 5) is 38.8. The highest BCUT2D eigenvalue weighted by Crippen LogP contribution is 2.32. The van der Waals surface area contributed by atoms with Crippen LogP contribution in [0.3, 0.4) is 0 Å². The van der Waals surface area contributed by atoms with E-state index in [1.807, 2.05) is 25.1 Å². The van der Waals surface area contributed by atoms with Crippen LogP contribution in [0.2, 0.25) is 0 Å². The summed E-state index contributed by atoms with van der Waals surface area (Å²) in [7, 11) is 6.89. The van der Waals surface area contributed by atoms with Crippen LogP contribution < -0.4 is 9.80 Å². The van der Waals surface area contributed by atoms with Gasteiger partial charge in [0.1, 0.15) is 24.1 Å². The van der Waals surface area contributed by atoms with E-state index in [4.69, 9.17) is 4.74 Å². The summed E-state index contributed by atoms with van der Waals surface area (Å²) >= 11 is 0. The van der Waals surface area contributed by atoms with E-state index in [9.17, 15) is 14.0 Å². The highest BCUT2D eigenvalue weighted by Gasteiger charge is 2.33. The van der Waals surface area contributed by atoms with Gasteiger partial charge in [0.05, 0.1) is 12.2 Å². The van der Waals surface area contributed by atoms with Crippen molar-refractivity contribution in [1.29, 1.82) is 0 Å². The molecular formula is C21H26FN5O3. The van der Waals surface area contributed by atoms with Crippen molar-refractivity contribution >= 4 is 23.3 Å². The second-order valence-corrected chi connectivity index (χ2v) is 7.53. The van der Waals surface area contributed by atoms with Gasteiger partial charge in [-0.25, -0.2) is 14.4 Å². The molecule has 3 rings (SSSR count). The van der Waals surface area contributed by atoms with Crippen molar-refractivity contribution in [2.45, 2.75) is 18.9 Å². The second-order valence-electron chi connectivity index (χ2n) is 7.53. The molecule has 1 aliphatic heterocycles. The lowest BCUT2D eigenvalue weighted by Crippen LogP contribution is -2.30. The van der Waals surface area contributed by atoms with E-state index in [1.54, 1.807) is 24.1 Å². The Labute approximate surface area is 175 Å². The van der Waals surface area contributed by atoms with Gasteiger partial charge in [0.2, 0.25) is 11.8 Å². The molecule has 30 heavy (non-hydrogen) atoms. The van der Waals surface area contributed by atoms with E-state index in [2.05, 4.69) is 9.97 Å². The number of aromatic nitrogens is 2. The van der Waals surface area contributed by atoms with Gasteiger partial charge < -0.3 is 19.4 Å². The monoisotopic (exact) mass is 415 g/mol. The molecule has 2 heterocycles. The zero-order chi connectivity index (χ0) is 21.8. The zero-order valence-electron chi connectivity index (χ0n) is 17.6. The van der Waals surface area contributed by atoms with Crippen molar-refractivity contribution in [1.82, 2.24) is 14.9 Å². The van der Waals surface area contributed by atoms with Crippen molar-refractivity contribution in [3.8, 4) is 0 Å². The van der Waals surface area contributed by atoms with E-state index < -0.39 is 0 Å². The van der Waals surface area contributed by atoms with Crippen LogP contribution in [0, 0.1) is 5.82 Å². The molecule has 1 aliphatic rings. The number of carbonyl (C=O) groups excluding carboxylic acids is 2. The van der Waals surface area contributed by atoms with Crippen molar-refractivity contribution in [2.75, 3.05) is 51.2 Å². The third-order valence-electron chi connectivity index (χ3n) is 4.99. The van der Waals surface area contributed by atoms with Gasteiger partial charge in [0, 0.05) is 58.9 Å². The topological polar surface area (TPSA) is 78.9 Å². The molecule has 0 bridgehead atoms. The molecule has 0 N–H and O–H groups in total. The molecule has 0 saturated carbocycles. The average molecular weight is 415 g/mol. The highest BCUT2D eigenvalue weighted by atomic mass is 19.1. The van der Waals surface area contributed by atoms with Gasteiger partial charge >= 0.3 is 0 Å². The average Bonchev–Trinajstić information content (AvgIpc) is 3.10.